The van der Waals surface area contributed by atoms with Gasteiger partial charge in [0.25, 0.3) is 5.91 Å². The van der Waals surface area contributed by atoms with Crippen molar-refractivity contribution in [3.8, 4) is 0 Å². The summed E-state index contributed by atoms with van der Waals surface area (Å²) in [6.45, 7) is 1.44. The number of amides is 2. The lowest BCUT2D eigenvalue weighted by Crippen LogP contribution is -2.39. The predicted molar refractivity (Wildman–Crippen MR) is 110 cm³/mol. The maximum atomic E-state index is 12.8. The van der Waals surface area contributed by atoms with E-state index in [9.17, 15) is 9.59 Å². The van der Waals surface area contributed by atoms with Crippen LogP contribution in [0.3, 0.4) is 0 Å². The lowest BCUT2D eigenvalue weighted by molar-refractivity contribution is -0.132. The van der Waals surface area contributed by atoms with Crippen LogP contribution in [-0.2, 0) is 4.79 Å². The predicted octanol–water partition coefficient (Wildman–Crippen LogP) is 4.01. The summed E-state index contributed by atoms with van der Waals surface area (Å²) in [5.41, 5.74) is 7.77. The Bertz CT molecular complexity index is 873. The van der Waals surface area contributed by atoms with E-state index in [4.69, 9.17) is 10.7 Å². The number of hydrogen-bond acceptors (Lipinski definition) is 3. The fourth-order valence-corrected chi connectivity index (χ4v) is 4.85. The third-order valence-electron chi connectivity index (χ3n) is 6.42. The molecule has 5 heteroatoms. The molecule has 0 bridgehead atoms. The second-order valence-corrected chi connectivity index (χ2v) is 8.35. The molecule has 2 N–H and O–H groups in total. The first-order chi connectivity index (χ1) is 13.6. The Labute approximate surface area is 166 Å². The minimum atomic E-state index is -0.446. The molecule has 1 aromatic carbocycles. The van der Waals surface area contributed by atoms with E-state index in [0.29, 0.717) is 18.5 Å². The molecule has 2 amide bonds. The molecule has 1 unspecified atom stereocenters. The quantitative estimate of drug-likeness (QED) is 0.853. The van der Waals surface area contributed by atoms with E-state index in [0.717, 1.165) is 48.3 Å². The number of rotatable bonds is 5. The van der Waals surface area contributed by atoms with E-state index in [-0.39, 0.29) is 11.8 Å². The first-order valence-electron chi connectivity index (χ1n) is 10.6. The van der Waals surface area contributed by atoms with Crippen molar-refractivity contribution in [3.05, 3.63) is 41.6 Å². The van der Waals surface area contributed by atoms with Crippen LogP contribution in [-0.4, -0.2) is 34.8 Å². The van der Waals surface area contributed by atoms with Crippen molar-refractivity contribution in [3.63, 3.8) is 0 Å². The van der Waals surface area contributed by atoms with Crippen molar-refractivity contribution in [2.45, 2.75) is 57.3 Å². The Kier molecular flexibility index (Phi) is 5.60. The van der Waals surface area contributed by atoms with Crippen molar-refractivity contribution < 1.29 is 9.59 Å². The van der Waals surface area contributed by atoms with E-state index in [1.54, 1.807) is 0 Å². The zero-order chi connectivity index (χ0) is 19.5. The summed E-state index contributed by atoms with van der Waals surface area (Å²) in [6, 6.07) is 9.62. The molecule has 1 saturated heterocycles. The van der Waals surface area contributed by atoms with Gasteiger partial charge in [-0.2, -0.15) is 0 Å². The van der Waals surface area contributed by atoms with Crippen LogP contribution in [0.4, 0.5) is 0 Å². The van der Waals surface area contributed by atoms with E-state index in [2.05, 4.69) is 0 Å². The Morgan fingerprint density at radius 3 is 2.68 bits per heavy atom. The number of hydrogen-bond donors (Lipinski definition) is 1. The summed E-state index contributed by atoms with van der Waals surface area (Å²) < 4.78 is 0. The van der Waals surface area contributed by atoms with Gasteiger partial charge in [-0.25, -0.2) is 0 Å². The van der Waals surface area contributed by atoms with Crippen LogP contribution in [0, 0.1) is 5.92 Å². The molecular weight excluding hydrogens is 350 g/mol. The lowest BCUT2D eigenvalue weighted by atomic mass is 9.90. The summed E-state index contributed by atoms with van der Waals surface area (Å²) in [5.74, 6) is 0.598. The molecule has 2 aliphatic rings. The monoisotopic (exact) mass is 379 g/mol. The highest BCUT2D eigenvalue weighted by Gasteiger charge is 2.29. The molecule has 2 heterocycles. The Balaban J connectivity index is 1.51. The molecule has 1 atom stereocenters. The van der Waals surface area contributed by atoms with Gasteiger partial charge in [-0.3, -0.25) is 14.6 Å². The second-order valence-electron chi connectivity index (χ2n) is 8.35. The van der Waals surface area contributed by atoms with Crippen LogP contribution in [0.1, 0.15) is 73.3 Å². The highest BCUT2D eigenvalue weighted by molar-refractivity contribution is 5.97. The Morgan fingerprint density at radius 2 is 1.89 bits per heavy atom. The standard InChI is InChI=1S/C23H29N3O2/c24-23(28)19-14-17-8-3-4-10-20(17)25-22(19)18-9-5-13-26(15-18)21(27)12-11-16-6-1-2-7-16/h3-4,8,10,14,16,18H,1-2,5-7,9,11-13,15H2,(H2,24,28). The molecule has 5 nitrogen and oxygen atoms in total. The number of nitrogens with two attached hydrogens (primary N) is 1. The lowest BCUT2D eigenvalue weighted by Gasteiger charge is -2.33. The van der Waals surface area contributed by atoms with E-state index < -0.39 is 5.91 Å². The smallest absolute Gasteiger partial charge is 0.250 e. The van der Waals surface area contributed by atoms with Gasteiger partial charge in [-0.05, 0) is 37.3 Å². The maximum Gasteiger partial charge on any atom is 0.250 e. The van der Waals surface area contributed by atoms with Gasteiger partial charge in [0.05, 0.1) is 16.8 Å². The number of para-hydroxylation sites is 1. The van der Waals surface area contributed by atoms with Gasteiger partial charge >= 0.3 is 0 Å². The van der Waals surface area contributed by atoms with Crippen LogP contribution >= 0.6 is 0 Å². The number of piperidine rings is 1. The number of likely N-dealkylation sites (tertiary alicyclic amines) is 1. The van der Waals surface area contributed by atoms with Crippen molar-refractivity contribution in [1.29, 1.82) is 0 Å². The van der Waals surface area contributed by atoms with E-state index in [1.807, 2.05) is 35.2 Å². The third-order valence-corrected chi connectivity index (χ3v) is 6.42. The van der Waals surface area contributed by atoms with Crippen LogP contribution < -0.4 is 5.73 Å². The number of fused-ring (bicyclic) bond motifs is 1. The van der Waals surface area contributed by atoms with Crippen molar-refractivity contribution >= 4 is 22.7 Å². The number of pyridine rings is 1. The summed E-state index contributed by atoms with van der Waals surface area (Å²) in [7, 11) is 0. The van der Waals surface area contributed by atoms with Gasteiger partial charge in [0, 0.05) is 30.8 Å². The molecule has 1 aliphatic carbocycles. The molecule has 1 saturated carbocycles. The SMILES string of the molecule is NC(=O)c1cc2ccccc2nc1C1CCCN(C(=O)CCC2CCCC2)C1. The van der Waals surface area contributed by atoms with Crippen LogP contribution in [0.15, 0.2) is 30.3 Å². The highest BCUT2D eigenvalue weighted by atomic mass is 16.2. The average Bonchev–Trinajstić information content (AvgIpc) is 3.24. The number of carbonyl (C=O) groups excluding carboxylic acids is 2. The van der Waals surface area contributed by atoms with Gasteiger partial charge in [0.15, 0.2) is 0 Å². The highest BCUT2D eigenvalue weighted by Crippen LogP contribution is 2.32. The van der Waals surface area contributed by atoms with E-state index >= 15 is 0 Å². The van der Waals surface area contributed by atoms with Crippen molar-refractivity contribution in [1.82, 2.24) is 9.88 Å². The maximum absolute atomic E-state index is 12.8. The van der Waals surface area contributed by atoms with Crippen LogP contribution in [0.5, 0.6) is 0 Å². The van der Waals surface area contributed by atoms with Gasteiger partial charge in [0.1, 0.15) is 0 Å². The summed E-state index contributed by atoms with van der Waals surface area (Å²) in [4.78, 5) is 31.6. The number of aromatic nitrogens is 1. The normalized spacial score (nSPS) is 20.6. The average molecular weight is 380 g/mol. The Hall–Kier alpha value is -2.43. The van der Waals surface area contributed by atoms with Gasteiger partial charge in [0.2, 0.25) is 5.91 Å². The fourth-order valence-electron chi connectivity index (χ4n) is 4.85. The number of benzene rings is 1. The third kappa shape index (κ3) is 4.03. The second kappa shape index (κ2) is 8.29. The van der Waals surface area contributed by atoms with E-state index in [1.165, 1.54) is 25.7 Å². The van der Waals surface area contributed by atoms with Crippen LogP contribution in [0.2, 0.25) is 0 Å². The molecule has 148 valence electrons. The minimum absolute atomic E-state index is 0.0660. The zero-order valence-corrected chi connectivity index (χ0v) is 16.4. The topological polar surface area (TPSA) is 76.3 Å². The summed E-state index contributed by atoms with van der Waals surface area (Å²) in [6.07, 6.45) is 8.71. The molecule has 28 heavy (non-hydrogen) atoms. The Morgan fingerprint density at radius 1 is 1.11 bits per heavy atom. The van der Waals surface area contributed by atoms with Crippen molar-refractivity contribution in [2.24, 2.45) is 11.7 Å². The fraction of sp³-hybridized carbons (Fsp3) is 0.522. The van der Waals surface area contributed by atoms with Crippen molar-refractivity contribution in [2.75, 3.05) is 13.1 Å². The molecule has 0 spiro atoms. The molecule has 2 fully saturated rings. The molecule has 1 aromatic heterocycles. The first kappa shape index (κ1) is 18.9. The molecule has 2 aromatic rings. The number of primary amides is 1. The number of carbonyl (C=O) groups is 2. The van der Waals surface area contributed by atoms with Gasteiger partial charge in [-0.15, -0.1) is 0 Å². The van der Waals surface area contributed by atoms with Crippen LogP contribution in [0.25, 0.3) is 10.9 Å². The van der Waals surface area contributed by atoms with Gasteiger partial charge < -0.3 is 10.6 Å². The summed E-state index contributed by atoms with van der Waals surface area (Å²) >= 11 is 0. The largest absolute Gasteiger partial charge is 0.366 e. The zero-order valence-electron chi connectivity index (χ0n) is 16.4. The minimum Gasteiger partial charge on any atom is -0.366 e. The molecular formula is C23H29N3O2. The summed E-state index contributed by atoms with van der Waals surface area (Å²) in [5, 5.41) is 0.917. The molecule has 1 aliphatic heterocycles. The number of nitrogens with zero attached hydrogens (tertiary/aromatic N) is 2. The molecule has 4 rings (SSSR count). The molecule has 0 radical (unpaired) electrons. The van der Waals surface area contributed by atoms with Gasteiger partial charge in [-0.1, -0.05) is 43.9 Å². The first-order valence-corrected chi connectivity index (χ1v) is 10.6.